The summed E-state index contributed by atoms with van der Waals surface area (Å²) in [4.78, 5) is 57.3. The Morgan fingerprint density at radius 3 is 2.15 bits per heavy atom. The van der Waals surface area contributed by atoms with Crippen molar-refractivity contribution in [3.05, 3.63) is 0 Å². The van der Waals surface area contributed by atoms with E-state index in [4.69, 9.17) is 33.1 Å². The highest BCUT2D eigenvalue weighted by Gasteiger charge is 2.13. The van der Waals surface area contributed by atoms with Crippen molar-refractivity contribution in [3.8, 4) is 0 Å². The molecule has 0 aromatic heterocycles. The van der Waals surface area contributed by atoms with Gasteiger partial charge in [-0.15, -0.1) is 0 Å². The number of alkyl carbamates (subject to hydrolysis) is 1. The standard InChI is InChI=1S/C25H48N3O12P/c1-4-13-39-25(32)27-10-15-35-18-19-36-21-24(31)38-17-12-28(11-16-37-22(2)29)20-23(30)26-9-7-5-6-8-14-40-41(3,33)34/h4-21H2,1-3H3,(H,26,30)(H,27,32)(H,33,34). The Morgan fingerprint density at radius 2 is 1.46 bits per heavy atom. The summed E-state index contributed by atoms with van der Waals surface area (Å²) >= 11 is 0. The monoisotopic (exact) mass is 613 g/mol. The lowest BCUT2D eigenvalue weighted by atomic mass is 10.2. The fraction of sp³-hybridized carbons (Fsp3) is 0.840. The van der Waals surface area contributed by atoms with Gasteiger partial charge in [0.05, 0.1) is 39.6 Å². The molecule has 240 valence electrons. The first-order valence-corrected chi connectivity index (χ1v) is 15.8. The Hall–Kier alpha value is -2.29. The van der Waals surface area contributed by atoms with Crippen molar-refractivity contribution < 1.29 is 56.8 Å². The van der Waals surface area contributed by atoms with Crippen LogP contribution in [0.25, 0.3) is 0 Å². The van der Waals surface area contributed by atoms with Crippen LogP contribution in [0.2, 0.25) is 0 Å². The minimum absolute atomic E-state index is 0.0203. The molecule has 0 spiro atoms. The number of esters is 2. The van der Waals surface area contributed by atoms with E-state index in [0.29, 0.717) is 26.1 Å². The van der Waals surface area contributed by atoms with Crippen LogP contribution in [0.1, 0.15) is 46.0 Å². The van der Waals surface area contributed by atoms with E-state index in [-0.39, 0.29) is 71.8 Å². The molecular weight excluding hydrogens is 565 g/mol. The van der Waals surface area contributed by atoms with Crippen LogP contribution in [0.5, 0.6) is 0 Å². The third-order valence-electron chi connectivity index (χ3n) is 5.02. The Morgan fingerprint density at radius 1 is 0.780 bits per heavy atom. The molecule has 0 aromatic rings. The van der Waals surface area contributed by atoms with E-state index < -0.39 is 25.6 Å². The van der Waals surface area contributed by atoms with Crippen molar-refractivity contribution in [3.63, 3.8) is 0 Å². The van der Waals surface area contributed by atoms with Gasteiger partial charge in [-0.25, -0.2) is 9.59 Å². The van der Waals surface area contributed by atoms with Crippen molar-refractivity contribution >= 4 is 31.5 Å². The van der Waals surface area contributed by atoms with Gasteiger partial charge in [0.1, 0.15) is 19.8 Å². The van der Waals surface area contributed by atoms with Crippen LogP contribution in [0.15, 0.2) is 0 Å². The topological polar surface area (TPSA) is 188 Å². The molecule has 0 bridgehead atoms. The summed E-state index contributed by atoms with van der Waals surface area (Å²) in [5, 5.41) is 5.36. The highest BCUT2D eigenvalue weighted by Crippen LogP contribution is 2.36. The van der Waals surface area contributed by atoms with Crippen molar-refractivity contribution in [2.75, 3.05) is 92.2 Å². The van der Waals surface area contributed by atoms with E-state index in [1.807, 2.05) is 6.92 Å². The summed E-state index contributed by atoms with van der Waals surface area (Å²) < 4.78 is 41.3. The second kappa shape index (κ2) is 25.4. The molecule has 0 aliphatic rings. The molecule has 0 aliphatic carbocycles. The molecule has 1 unspecified atom stereocenters. The third kappa shape index (κ3) is 29.0. The molecule has 0 saturated heterocycles. The molecule has 1 atom stereocenters. The zero-order valence-electron chi connectivity index (χ0n) is 24.6. The molecular formula is C25H48N3O12P. The number of hydrogen-bond acceptors (Lipinski definition) is 12. The largest absolute Gasteiger partial charge is 0.465 e. The van der Waals surface area contributed by atoms with Gasteiger partial charge in [-0.1, -0.05) is 19.8 Å². The van der Waals surface area contributed by atoms with Crippen LogP contribution in [0.4, 0.5) is 4.79 Å². The quantitative estimate of drug-likeness (QED) is 0.0544. The van der Waals surface area contributed by atoms with E-state index in [0.717, 1.165) is 32.3 Å². The van der Waals surface area contributed by atoms with Crippen LogP contribution < -0.4 is 10.6 Å². The maximum Gasteiger partial charge on any atom is 0.407 e. The predicted octanol–water partition coefficient (Wildman–Crippen LogP) is 1.07. The minimum atomic E-state index is -3.44. The first-order valence-electron chi connectivity index (χ1n) is 13.8. The van der Waals surface area contributed by atoms with Crippen LogP contribution in [0.3, 0.4) is 0 Å². The molecule has 2 amide bonds. The van der Waals surface area contributed by atoms with Gasteiger partial charge in [0, 0.05) is 39.8 Å². The van der Waals surface area contributed by atoms with E-state index in [1.54, 1.807) is 4.90 Å². The molecule has 0 heterocycles. The third-order valence-corrected chi connectivity index (χ3v) is 5.68. The number of carbonyl (C=O) groups excluding carboxylic acids is 4. The van der Waals surface area contributed by atoms with Gasteiger partial charge in [0.25, 0.3) is 0 Å². The van der Waals surface area contributed by atoms with E-state index in [2.05, 4.69) is 10.6 Å². The van der Waals surface area contributed by atoms with Crippen LogP contribution >= 0.6 is 7.60 Å². The zero-order valence-corrected chi connectivity index (χ0v) is 25.5. The maximum absolute atomic E-state index is 12.3. The Labute approximate surface area is 242 Å². The number of amides is 2. The average Bonchev–Trinajstić information content (AvgIpc) is 2.89. The highest BCUT2D eigenvalue weighted by atomic mass is 31.2. The second-order valence-electron chi connectivity index (χ2n) is 8.96. The highest BCUT2D eigenvalue weighted by molar-refractivity contribution is 7.51. The molecule has 15 nitrogen and oxygen atoms in total. The average molecular weight is 614 g/mol. The molecule has 16 heteroatoms. The van der Waals surface area contributed by atoms with Crippen molar-refractivity contribution in [1.29, 1.82) is 0 Å². The van der Waals surface area contributed by atoms with Crippen LogP contribution in [0, 0.1) is 0 Å². The number of nitrogens with one attached hydrogen (secondary N) is 2. The summed E-state index contributed by atoms with van der Waals surface area (Å²) in [6.07, 6.45) is 3.29. The Bertz CT molecular complexity index is 781. The first-order chi connectivity index (χ1) is 19.5. The lowest BCUT2D eigenvalue weighted by Gasteiger charge is -2.21. The molecule has 0 aromatic carbocycles. The summed E-state index contributed by atoms with van der Waals surface area (Å²) in [6, 6.07) is 0. The molecule has 3 N–H and O–H groups in total. The SMILES string of the molecule is CCCOC(=O)NCCOCCOCC(=O)OCCN(CCOC(C)=O)CC(=O)NCCCCCCOP(C)(=O)O. The number of unbranched alkanes of at least 4 members (excludes halogenated alkanes) is 3. The normalized spacial score (nSPS) is 12.4. The van der Waals surface area contributed by atoms with Gasteiger partial charge in [-0.05, 0) is 19.3 Å². The molecule has 0 rings (SSSR count). The molecule has 0 fully saturated rings. The van der Waals surface area contributed by atoms with Crippen molar-refractivity contribution in [1.82, 2.24) is 15.5 Å². The van der Waals surface area contributed by atoms with Gasteiger partial charge in [-0.3, -0.25) is 19.1 Å². The van der Waals surface area contributed by atoms with Gasteiger partial charge in [0.2, 0.25) is 5.91 Å². The van der Waals surface area contributed by atoms with E-state index in [1.165, 1.54) is 6.92 Å². The molecule has 0 radical (unpaired) electrons. The summed E-state index contributed by atoms with van der Waals surface area (Å²) in [6.45, 7) is 6.79. The number of carbonyl (C=O) groups is 4. The smallest absolute Gasteiger partial charge is 0.407 e. The van der Waals surface area contributed by atoms with Gasteiger partial charge >= 0.3 is 25.6 Å². The molecule has 0 aliphatic heterocycles. The summed E-state index contributed by atoms with van der Waals surface area (Å²) in [5.74, 6) is -1.22. The van der Waals surface area contributed by atoms with Crippen LogP contribution in [-0.2, 0) is 47.2 Å². The molecule has 41 heavy (non-hydrogen) atoms. The number of hydrogen-bond donors (Lipinski definition) is 3. The Kier molecular flexibility index (Phi) is 24.0. The van der Waals surface area contributed by atoms with Crippen LogP contribution in [-0.4, -0.2) is 126 Å². The summed E-state index contributed by atoms with van der Waals surface area (Å²) in [5.41, 5.74) is 0. The molecule has 0 saturated carbocycles. The van der Waals surface area contributed by atoms with Crippen molar-refractivity contribution in [2.45, 2.75) is 46.0 Å². The maximum atomic E-state index is 12.3. The lowest BCUT2D eigenvalue weighted by molar-refractivity contribution is -0.149. The fourth-order valence-corrected chi connectivity index (χ4v) is 3.53. The number of ether oxygens (including phenoxy) is 5. The van der Waals surface area contributed by atoms with Gasteiger partial charge in [-0.2, -0.15) is 0 Å². The van der Waals surface area contributed by atoms with E-state index >= 15 is 0 Å². The van der Waals surface area contributed by atoms with E-state index in [9.17, 15) is 23.7 Å². The van der Waals surface area contributed by atoms with Crippen molar-refractivity contribution in [2.24, 2.45) is 0 Å². The zero-order chi connectivity index (χ0) is 30.8. The summed E-state index contributed by atoms with van der Waals surface area (Å²) in [7, 11) is -3.44. The van der Waals surface area contributed by atoms with Gasteiger partial charge < -0.3 is 43.7 Å². The first kappa shape index (κ1) is 38.7. The minimum Gasteiger partial charge on any atom is -0.465 e. The lowest BCUT2D eigenvalue weighted by Crippen LogP contribution is -2.41. The Balaban J connectivity index is 4.04. The number of nitrogens with zero attached hydrogens (tertiary/aromatic N) is 1. The predicted molar refractivity (Wildman–Crippen MR) is 148 cm³/mol. The fourth-order valence-electron chi connectivity index (χ4n) is 3.07. The van der Waals surface area contributed by atoms with Gasteiger partial charge in [0.15, 0.2) is 0 Å². The second-order valence-corrected chi connectivity index (χ2v) is 10.8. The number of rotatable bonds is 26.